The quantitative estimate of drug-likeness (QED) is 0.501. The number of benzene rings is 2. The molecule has 0 unspecified atom stereocenters. The molecule has 1 N–H and O–H groups in total. The summed E-state index contributed by atoms with van der Waals surface area (Å²) in [5.41, 5.74) is -0.633. The van der Waals surface area contributed by atoms with Crippen molar-refractivity contribution in [2.45, 2.75) is 4.90 Å². The maximum atomic E-state index is 11.2. The SMILES string of the molecule is O=[N+]([O-])c1ccc2ccccc2c1S(=O)(=O)O. The minimum absolute atomic E-state index is 0.129. The molecule has 0 spiro atoms. The molecule has 7 heteroatoms. The van der Waals surface area contributed by atoms with E-state index in [2.05, 4.69) is 0 Å². The molecule has 0 aliphatic heterocycles. The molecule has 0 atom stereocenters. The molecule has 0 amide bonds. The van der Waals surface area contributed by atoms with Gasteiger partial charge in [-0.05, 0) is 11.5 Å². The first-order chi connectivity index (χ1) is 7.91. The molecule has 0 aromatic heterocycles. The normalized spacial score (nSPS) is 11.6. The standard InChI is InChI=1S/C10H7NO5S/c12-11(13)9-6-5-7-3-1-2-4-8(7)10(9)17(14,15)16/h1-6H,(H,14,15,16). The van der Waals surface area contributed by atoms with Crippen LogP contribution in [-0.2, 0) is 10.1 Å². The van der Waals surface area contributed by atoms with E-state index in [0.717, 1.165) is 6.07 Å². The van der Waals surface area contributed by atoms with Crippen molar-refractivity contribution in [3.05, 3.63) is 46.5 Å². The highest BCUT2D eigenvalue weighted by atomic mass is 32.2. The van der Waals surface area contributed by atoms with E-state index in [-0.39, 0.29) is 5.39 Å². The van der Waals surface area contributed by atoms with Crippen molar-refractivity contribution >= 4 is 26.6 Å². The zero-order valence-electron chi connectivity index (χ0n) is 8.40. The Kier molecular flexibility index (Phi) is 2.56. The molecule has 88 valence electrons. The summed E-state index contributed by atoms with van der Waals surface area (Å²) in [4.78, 5) is 9.24. The van der Waals surface area contributed by atoms with Gasteiger partial charge in [0.2, 0.25) is 0 Å². The molecule has 2 rings (SSSR count). The fraction of sp³-hybridized carbons (Fsp3) is 0. The molecule has 6 nitrogen and oxygen atoms in total. The molecule has 2 aromatic carbocycles. The summed E-state index contributed by atoms with van der Waals surface area (Å²) in [6.45, 7) is 0. The lowest BCUT2D eigenvalue weighted by atomic mass is 10.1. The Bertz CT molecular complexity index is 708. The summed E-state index contributed by atoms with van der Waals surface area (Å²) in [6, 6.07) is 8.72. The Labute approximate surface area is 96.4 Å². The van der Waals surface area contributed by atoms with Gasteiger partial charge in [-0.2, -0.15) is 8.42 Å². The lowest BCUT2D eigenvalue weighted by Crippen LogP contribution is -2.04. The Morgan fingerprint density at radius 2 is 1.76 bits per heavy atom. The van der Waals surface area contributed by atoms with Gasteiger partial charge in [-0.25, -0.2) is 0 Å². The number of hydrogen-bond acceptors (Lipinski definition) is 4. The second-order valence-electron chi connectivity index (χ2n) is 3.37. The van der Waals surface area contributed by atoms with E-state index >= 15 is 0 Å². The first-order valence-corrected chi connectivity index (χ1v) is 5.99. The predicted octanol–water partition coefficient (Wildman–Crippen LogP) is 1.99. The Hall–Kier alpha value is -1.99. The fourth-order valence-corrected chi connectivity index (χ4v) is 2.52. The maximum absolute atomic E-state index is 11.2. The van der Waals surface area contributed by atoms with Crippen LogP contribution in [0.25, 0.3) is 10.8 Å². The number of rotatable bonds is 2. The van der Waals surface area contributed by atoms with Gasteiger partial charge < -0.3 is 0 Å². The summed E-state index contributed by atoms with van der Waals surface area (Å²) in [7, 11) is -4.65. The fourth-order valence-electron chi connectivity index (χ4n) is 1.65. The van der Waals surface area contributed by atoms with E-state index in [0.29, 0.717) is 5.39 Å². The second kappa shape index (κ2) is 3.79. The topological polar surface area (TPSA) is 97.5 Å². The molecular weight excluding hydrogens is 246 g/mol. The van der Waals surface area contributed by atoms with Gasteiger partial charge in [0.25, 0.3) is 5.69 Å². The van der Waals surface area contributed by atoms with Gasteiger partial charge in [-0.3, -0.25) is 14.7 Å². The molecule has 0 radical (unpaired) electrons. The van der Waals surface area contributed by atoms with Crippen LogP contribution in [0.2, 0.25) is 0 Å². The zero-order chi connectivity index (χ0) is 12.6. The summed E-state index contributed by atoms with van der Waals surface area (Å²) in [5.74, 6) is 0. The number of nitro benzene ring substituents is 1. The average molecular weight is 253 g/mol. The lowest BCUT2D eigenvalue weighted by Gasteiger charge is -2.04. The van der Waals surface area contributed by atoms with Crippen LogP contribution in [0.5, 0.6) is 0 Å². The van der Waals surface area contributed by atoms with Crippen molar-refractivity contribution in [2.24, 2.45) is 0 Å². The van der Waals surface area contributed by atoms with Crippen LogP contribution in [0.15, 0.2) is 41.3 Å². The number of nitro groups is 1. The van der Waals surface area contributed by atoms with Crippen LogP contribution in [0, 0.1) is 10.1 Å². The van der Waals surface area contributed by atoms with Gasteiger partial charge in [0, 0.05) is 11.5 Å². The van der Waals surface area contributed by atoms with E-state index in [1.807, 2.05) is 0 Å². The maximum Gasteiger partial charge on any atom is 0.302 e. The second-order valence-corrected chi connectivity index (χ2v) is 4.73. The Morgan fingerprint density at radius 1 is 1.12 bits per heavy atom. The molecule has 0 aliphatic rings. The largest absolute Gasteiger partial charge is 0.302 e. The van der Waals surface area contributed by atoms with Crippen molar-refractivity contribution in [1.29, 1.82) is 0 Å². The minimum atomic E-state index is -4.65. The molecule has 0 bridgehead atoms. The first-order valence-electron chi connectivity index (χ1n) is 4.55. The van der Waals surface area contributed by atoms with Gasteiger partial charge in [0.05, 0.1) is 4.92 Å². The monoisotopic (exact) mass is 253 g/mol. The number of nitrogens with zero attached hydrogens (tertiary/aromatic N) is 1. The van der Waals surface area contributed by atoms with Gasteiger partial charge >= 0.3 is 10.1 Å². The third-order valence-corrected chi connectivity index (χ3v) is 3.26. The van der Waals surface area contributed by atoms with Crippen LogP contribution < -0.4 is 0 Å². The van der Waals surface area contributed by atoms with Crippen LogP contribution in [0.3, 0.4) is 0 Å². The highest BCUT2D eigenvalue weighted by Crippen LogP contribution is 2.31. The lowest BCUT2D eigenvalue weighted by molar-refractivity contribution is -0.387. The summed E-state index contributed by atoms with van der Waals surface area (Å²) in [5, 5.41) is 11.4. The van der Waals surface area contributed by atoms with Crippen molar-refractivity contribution in [3.63, 3.8) is 0 Å². The van der Waals surface area contributed by atoms with Crippen LogP contribution >= 0.6 is 0 Å². The number of hydrogen-bond donors (Lipinski definition) is 1. The smallest absolute Gasteiger partial charge is 0.282 e. The summed E-state index contributed by atoms with van der Waals surface area (Å²) >= 11 is 0. The molecule has 0 heterocycles. The third-order valence-electron chi connectivity index (χ3n) is 2.31. The summed E-state index contributed by atoms with van der Waals surface area (Å²) < 4.78 is 31.5. The van der Waals surface area contributed by atoms with Crippen LogP contribution in [0.4, 0.5) is 5.69 Å². The van der Waals surface area contributed by atoms with Crippen LogP contribution in [-0.4, -0.2) is 17.9 Å². The predicted molar refractivity (Wildman–Crippen MR) is 60.4 cm³/mol. The molecule has 17 heavy (non-hydrogen) atoms. The van der Waals surface area contributed by atoms with Gasteiger partial charge in [-0.15, -0.1) is 0 Å². The van der Waals surface area contributed by atoms with E-state index in [1.54, 1.807) is 18.2 Å². The highest BCUT2D eigenvalue weighted by molar-refractivity contribution is 7.86. The van der Waals surface area contributed by atoms with Crippen molar-refractivity contribution in [1.82, 2.24) is 0 Å². The van der Waals surface area contributed by atoms with Crippen molar-refractivity contribution in [3.8, 4) is 0 Å². The minimum Gasteiger partial charge on any atom is -0.282 e. The van der Waals surface area contributed by atoms with E-state index in [9.17, 15) is 18.5 Å². The third kappa shape index (κ3) is 1.97. The number of fused-ring (bicyclic) bond motifs is 1. The molecule has 0 saturated carbocycles. The van der Waals surface area contributed by atoms with Crippen molar-refractivity contribution < 1.29 is 17.9 Å². The van der Waals surface area contributed by atoms with E-state index in [4.69, 9.17) is 4.55 Å². The average Bonchev–Trinajstić information content (AvgIpc) is 2.26. The van der Waals surface area contributed by atoms with E-state index < -0.39 is 25.6 Å². The highest BCUT2D eigenvalue weighted by Gasteiger charge is 2.26. The molecular formula is C10H7NO5S. The van der Waals surface area contributed by atoms with Gasteiger partial charge in [0.15, 0.2) is 4.90 Å². The van der Waals surface area contributed by atoms with Gasteiger partial charge in [-0.1, -0.05) is 24.3 Å². The van der Waals surface area contributed by atoms with Gasteiger partial charge in [0.1, 0.15) is 0 Å². The summed E-state index contributed by atoms with van der Waals surface area (Å²) in [6.07, 6.45) is 0. The molecule has 0 saturated heterocycles. The Balaban J connectivity index is 3.00. The molecule has 0 aliphatic carbocycles. The van der Waals surface area contributed by atoms with Crippen molar-refractivity contribution in [2.75, 3.05) is 0 Å². The first kappa shape index (κ1) is 11.5. The molecule has 0 fully saturated rings. The van der Waals surface area contributed by atoms with E-state index in [1.165, 1.54) is 12.1 Å². The van der Waals surface area contributed by atoms with Crippen LogP contribution in [0.1, 0.15) is 0 Å². The Morgan fingerprint density at radius 3 is 2.35 bits per heavy atom. The zero-order valence-corrected chi connectivity index (χ0v) is 9.22. The molecule has 2 aromatic rings.